The number of nitrogens with one attached hydrogen (secondary N) is 2. The van der Waals surface area contributed by atoms with Gasteiger partial charge in [-0.1, -0.05) is 31.7 Å². The van der Waals surface area contributed by atoms with Crippen molar-refractivity contribution in [3.63, 3.8) is 0 Å². The summed E-state index contributed by atoms with van der Waals surface area (Å²) < 4.78 is 0. The van der Waals surface area contributed by atoms with Gasteiger partial charge in [0.1, 0.15) is 5.78 Å². The number of aryl methyl sites for hydroxylation is 1. The molecule has 9 nitrogen and oxygen atoms in total. The van der Waals surface area contributed by atoms with Gasteiger partial charge < -0.3 is 21.1 Å². The van der Waals surface area contributed by atoms with Crippen LogP contribution in [-0.4, -0.2) is 51.8 Å². The molecule has 0 aliphatic carbocycles. The molecule has 37 heavy (non-hydrogen) atoms. The summed E-state index contributed by atoms with van der Waals surface area (Å²) in [4.78, 5) is 34.2. The first-order chi connectivity index (χ1) is 17.4. The first-order valence-corrected chi connectivity index (χ1v) is 12.0. The van der Waals surface area contributed by atoms with E-state index in [9.17, 15) is 9.59 Å². The van der Waals surface area contributed by atoms with E-state index < -0.39 is 5.97 Å². The fourth-order valence-corrected chi connectivity index (χ4v) is 4.32. The SMILES string of the molecule is C.N=C(N)CC(=O)CCc1cccc(-c2cnc(NC3CCN(c4ccc(C(=O)O)cc4)CC3)nc2)c1. The first-order valence-electron chi connectivity index (χ1n) is 12.0. The van der Waals surface area contributed by atoms with Crippen LogP contribution >= 0.6 is 0 Å². The Morgan fingerprint density at radius 1 is 1.05 bits per heavy atom. The van der Waals surface area contributed by atoms with Crippen molar-refractivity contribution in [2.45, 2.75) is 45.6 Å². The topological polar surface area (TPSA) is 145 Å². The van der Waals surface area contributed by atoms with E-state index >= 15 is 0 Å². The molecule has 5 N–H and O–H groups in total. The van der Waals surface area contributed by atoms with E-state index in [2.05, 4.69) is 20.2 Å². The summed E-state index contributed by atoms with van der Waals surface area (Å²) in [5, 5.41) is 19.7. The Bertz CT molecular complexity index is 1220. The van der Waals surface area contributed by atoms with Crippen LogP contribution in [0.15, 0.2) is 60.9 Å². The van der Waals surface area contributed by atoms with Crippen molar-refractivity contribution in [2.75, 3.05) is 23.3 Å². The normalized spacial score (nSPS) is 13.5. The maximum absolute atomic E-state index is 11.8. The Labute approximate surface area is 217 Å². The van der Waals surface area contributed by atoms with Crippen molar-refractivity contribution in [2.24, 2.45) is 5.73 Å². The van der Waals surface area contributed by atoms with Crippen LogP contribution in [0.1, 0.15) is 49.0 Å². The van der Waals surface area contributed by atoms with Crippen LogP contribution in [0.3, 0.4) is 0 Å². The van der Waals surface area contributed by atoms with Gasteiger partial charge in [-0.3, -0.25) is 10.2 Å². The Balaban J connectivity index is 0.00000380. The Morgan fingerprint density at radius 3 is 2.35 bits per heavy atom. The molecule has 0 amide bonds. The summed E-state index contributed by atoms with van der Waals surface area (Å²) >= 11 is 0. The number of rotatable bonds is 10. The van der Waals surface area contributed by atoms with Crippen LogP contribution in [0.2, 0.25) is 0 Å². The van der Waals surface area contributed by atoms with E-state index in [4.69, 9.17) is 16.2 Å². The van der Waals surface area contributed by atoms with Gasteiger partial charge in [-0.05, 0) is 54.7 Å². The maximum Gasteiger partial charge on any atom is 0.335 e. The van der Waals surface area contributed by atoms with Gasteiger partial charge in [0.25, 0.3) is 0 Å². The minimum atomic E-state index is -0.916. The Morgan fingerprint density at radius 2 is 1.73 bits per heavy atom. The van der Waals surface area contributed by atoms with Crippen LogP contribution in [0, 0.1) is 5.41 Å². The number of hydrogen-bond acceptors (Lipinski definition) is 7. The summed E-state index contributed by atoms with van der Waals surface area (Å²) in [6.45, 7) is 1.73. The zero-order valence-corrected chi connectivity index (χ0v) is 20.0. The van der Waals surface area contributed by atoms with Crippen molar-refractivity contribution in [3.05, 3.63) is 72.1 Å². The number of hydrogen-bond donors (Lipinski definition) is 4. The fraction of sp³-hybridized carbons (Fsp3) is 0.321. The van der Waals surface area contributed by atoms with Crippen LogP contribution in [0.5, 0.6) is 0 Å². The molecule has 1 saturated heterocycles. The first kappa shape index (κ1) is 27.3. The lowest BCUT2D eigenvalue weighted by molar-refractivity contribution is -0.117. The van der Waals surface area contributed by atoms with Gasteiger partial charge in [-0.15, -0.1) is 0 Å². The highest BCUT2D eigenvalue weighted by atomic mass is 16.4. The van der Waals surface area contributed by atoms with Crippen LogP contribution in [0.4, 0.5) is 11.6 Å². The predicted molar refractivity (Wildman–Crippen MR) is 146 cm³/mol. The van der Waals surface area contributed by atoms with E-state index in [0.717, 1.165) is 48.3 Å². The second-order valence-electron chi connectivity index (χ2n) is 8.99. The number of nitrogens with two attached hydrogens (primary N) is 1. The highest BCUT2D eigenvalue weighted by Crippen LogP contribution is 2.23. The molecule has 0 atom stereocenters. The van der Waals surface area contributed by atoms with E-state index in [-0.39, 0.29) is 31.5 Å². The number of carboxylic acid groups (broad SMARTS) is 1. The number of carbonyl (C=O) groups excluding carboxylic acids is 1. The molecule has 1 aliphatic rings. The van der Waals surface area contributed by atoms with Gasteiger partial charge in [0.15, 0.2) is 0 Å². The molecule has 4 rings (SSSR count). The maximum atomic E-state index is 11.8. The lowest BCUT2D eigenvalue weighted by atomic mass is 10.0. The number of carbonyl (C=O) groups is 2. The Kier molecular flexibility index (Phi) is 9.32. The van der Waals surface area contributed by atoms with E-state index in [1.54, 1.807) is 24.5 Å². The van der Waals surface area contributed by atoms with Gasteiger partial charge in [0.2, 0.25) is 5.95 Å². The smallest absolute Gasteiger partial charge is 0.335 e. The standard InChI is InChI=1S/C27H30N6O3.CH4/c28-25(29)15-24(34)9-4-18-2-1-3-20(14-18)21-16-30-27(31-17-21)32-22-10-12-33(13-11-22)23-7-5-19(6-8-23)26(35)36;/h1-3,5-8,14,16-17,22H,4,9-13,15H2,(H3,28,29)(H,35,36)(H,30,31,32);1H4. The largest absolute Gasteiger partial charge is 0.478 e. The van der Waals surface area contributed by atoms with Gasteiger partial charge >= 0.3 is 5.97 Å². The number of ketones is 1. The molecule has 0 saturated carbocycles. The molecule has 0 bridgehead atoms. The number of aromatic nitrogens is 2. The average molecular weight is 503 g/mol. The second kappa shape index (κ2) is 12.6. The third-order valence-corrected chi connectivity index (χ3v) is 6.30. The molecular weight excluding hydrogens is 468 g/mol. The summed E-state index contributed by atoms with van der Waals surface area (Å²) in [6.07, 6.45) is 6.41. The van der Waals surface area contributed by atoms with Crippen LogP contribution in [0.25, 0.3) is 11.1 Å². The van der Waals surface area contributed by atoms with Gasteiger partial charge in [-0.25, -0.2) is 14.8 Å². The Hall–Kier alpha value is -4.27. The molecule has 2 aromatic carbocycles. The van der Waals surface area contributed by atoms with Gasteiger partial charge in [0.05, 0.1) is 17.8 Å². The lowest BCUT2D eigenvalue weighted by Gasteiger charge is -2.34. The summed E-state index contributed by atoms with van der Waals surface area (Å²) in [5.41, 5.74) is 9.55. The van der Waals surface area contributed by atoms with Crippen molar-refractivity contribution >= 4 is 29.2 Å². The zero-order valence-electron chi connectivity index (χ0n) is 20.0. The predicted octanol–water partition coefficient (Wildman–Crippen LogP) is 4.39. The molecule has 9 heteroatoms. The molecule has 0 spiro atoms. The van der Waals surface area contributed by atoms with Crippen molar-refractivity contribution in [3.8, 4) is 11.1 Å². The monoisotopic (exact) mass is 502 g/mol. The number of anilines is 2. The molecule has 2 heterocycles. The highest BCUT2D eigenvalue weighted by molar-refractivity contribution is 5.98. The third-order valence-electron chi connectivity index (χ3n) is 6.30. The molecule has 194 valence electrons. The minimum Gasteiger partial charge on any atom is -0.478 e. The number of nitrogens with zero attached hydrogens (tertiary/aromatic N) is 3. The molecule has 1 aromatic heterocycles. The quantitative estimate of drug-likeness (QED) is 0.236. The van der Waals surface area contributed by atoms with Crippen LogP contribution in [-0.2, 0) is 11.2 Å². The minimum absolute atomic E-state index is 0. The van der Waals surface area contributed by atoms with Crippen molar-refractivity contribution in [1.29, 1.82) is 5.41 Å². The van der Waals surface area contributed by atoms with E-state index in [1.165, 1.54) is 0 Å². The lowest BCUT2D eigenvalue weighted by Crippen LogP contribution is -2.39. The summed E-state index contributed by atoms with van der Waals surface area (Å²) in [7, 11) is 0. The molecule has 1 fully saturated rings. The van der Waals surface area contributed by atoms with Gasteiger partial charge in [0, 0.05) is 49.2 Å². The number of piperidine rings is 1. The summed E-state index contributed by atoms with van der Waals surface area (Å²) in [5.74, 6) is -0.458. The number of amidine groups is 1. The molecule has 1 aliphatic heterocycles. The molecular formula is C28H34N6O3. The number of benzene rings is 2. The van der Waals surface area contributed by atoms with E-state index in [1.807, 2.05) is 36.4 Å². The zero-order chi connectivity index (χ0) is 25.5. The molecule has 0 radical (unpaired) electrons. The van der Waals surface area contributed by atoms with Gasteiger partial charge in [-0.2, -0.15) is 0 Å². The average Bonchev–Trinajstić information content (AvgIpc) is 2.88. The molecule has 3 aromatic rings. The van der Waals surface area contributed by atoms with E-state index in [0.29, 0.717) is 24.4 Å². The number of aromatic carboxylic acids is 1. The number of carboxylic acids is 1. The fourth-order valence-electron chi connectivity index (χ4n) is 4.32. The van der Waals surface area contributed by atoms with Crippen molar-refractivity contribution in [1.82, 2.24) is 9.97 Å². The third kappa shape index (κ3) is 7.60. The summed E-state index contributed by atoms with van der Waals surface area (Å²) in [6, 6.07) is 15.2. The second-order valence-corrected chi connectivity index (χ2v) is 8.99. The molecule has 0 unspecified atom stereocenters. The number of Topliss-reactive ketones (excluding diaryl/α,β-unsaturated/α-hetero) is 1. The van der Waals surface area contributed by atoms with Crippen molar-refractivity contribution < 1.29 is 14.7 Å². The highest BCUT2D eigenvalue weighted by Gasteiger charge is 2.20. The van der Waals surface area contributed by atoms with Crippen LogP contribution < -0.4 is 16.0 Å².